The van der Waals surface area contributed by atoms with Crippen molar-refractivity contribution in [3.8, 4) is 0 Å². The molecular formula is C12H11BrNO2-. The molecule has 1 aromatic carbocycles. The molecule has 0 atom stereocenters. The van der Waals surface area contributed by atoms with Crippen molar-refractivity contribution in [1.29, 1.82) is 0 Å². The average Bonchev–Trinajstić information content (AvgIpc) is 2.61. The van der Waals surface area contributed by atoms with Crippen molar-refractivity contribution in [3.63, 3.8) is 0 Å². The summed E-state index contributed by atoms with van der Waals surface area (Å²) >= 11 is 3.43. The summed E-state index contributed by atoms with van der Waals surface area (Å²) in [6.07, 6.45) is 0. The van der Waals surface area contributed by atoms with Crippen LogP contribution in [0.25, 0.3) is 10.9 Å². The number of halogens is 1. The zero-order valence-corrected chi connectivity index (χ0v) is 10.6. The molecule has 0 aliphatic carbocycles. The van der Waals surface area contributed by atoms with Gasteiger partial charge in [0.15, 0.2) is 0 Å². The van der Waals surface area contributed by atoms with Gasteiger partial charge in [-0.2, -0.15) is 0 Å². The van der Waals surface area contributed by atoms with Gasteiger partial charge in [-0.1, -0.05) is 13.8 Å². The molecule has 1 N–H and O–H groups in total. The van der Waals surface area contributed by atoms with Crippen LogP contribution in [0.2, 0.25) is 0 Å². The highest BCUT2D eigenvalue weighted by molar-refractivity contribution is 9.10. The van der Waals surface area contributed by atoms with Crippen molar-refractivity contribution in [3.05, 3.63) is 33.9 Å². The van der Waals surface area contributed by atoms with Gasteiger partial charge in [-0.05, 0) is 45.6 Å². The van der Waals surface area contributed by atoms with Crippen molar-refractivity contribution >= 4 is 32.8 Å². The van der Waals surface area contributed by atoms with Gasteiger partial charge in [0.1, 0.15) is 0 Å². The lowest BCUT2D eigenvalue weighted by molar-refractivity contribution is -0.255. The van der Waals surface area contributed by atoms with Crippen LogP contribution >= 0.6 is 15.9 Å². The third kappa shape index (κ3) is 1.85. The maximum Gasteiger partial charge on any atom is 0.0878 e. The van der Waals surface area contributed by atoms with Crippen molar-refractivity contribution in [2.45, 2.75) is 19.8 Å². The van der Waals surface area contributed by atoms with E-state index in [0.29, 0.717) is 5.92 Å². The average molecular weight is 281 g/mol. The van der Waals surface area contributed by atoms with Crippen LogP contribution in [0.4, 0.5) is 0 Å². The van der Waals surface area contributed by atoms with Crippen molar-refractivity contribution in [1.82, 2.24) is 4.98 Å². The van der Waals surface area contributed by atoms with Gasteiger partial charge in [0.2, 0.25) is 0 Å². The first kappa shape index (κ1) is 11.2. The van der Waals surface area contributed by atoms with Crippen LogP contribution in [0.15, 0.2) is 22.7 Å². The molecule has 0 unspecified atom stereocenters. The van der Waals surface area contributed by atoms with E-state index in [2.05, 4.69) is 34.8 Å². The third-order valence-corrected chi connectivity index (χ3v) is 3.21. The second-order valence-corrected chi connectivity index (χ2v) is 4.95. The molecule has 0 saturated carbocycles. The Morgan fingerprint density at radius 1 is 1.38 bits per heavy atom. The highest BCUT2D eigenvalue weighted by atomic mass is 79.9. The van der Waals surface area contributed by atoms with Gasteiger partial charge < -0.3 is 14.9 Å². The number of benzene rings is 1. The minimum atomic E-state index is -1.19. The lowest BCUT2D eigenvalue weighted by Crippen LogP contribution is -2.22. The summed E-state index contributed by atoms with van der Waals surface area (Å²) in [6.45, 7) is 4.19. The Balaban J connectivity index is 2.68. The number of H-pyrrole nitrogens is 1. The summed E-state index contributed by atoms with van der Waals surface area (Å²) in [4.78, 5) is 13.6. The van der Waals surface area contributed by atoms with Crippen LogP contribution in [0.3, 0.4) is 0 Å². The van der Waals surface area contributed by atoms with Crippen LogP contribution < -0.4 is 5.11 Å². The van der Waals surface area contributed by atoms with Crippen LogP contribution in [-0.2, 0) is 0 Å². The summed E-state index contributed by atoms with van der Waals surface area (Å²) in [5.74, 6) is -0.781. The first-order valence-corrected chi connectivity index (χ1v) is 5.82. The number of fused-ring (bicyclic) bond motifs is 1. The Morgan fingerprint density at radius 3 is 2.62 bits per heavy atom. The smallest absolute Gasteiger partial charge is 0.0878 e. The molecule has 0 bridgehead atoms. The summed E-state index contributed by atoms with van der Waals surface area (Å²) in [5.41, 5.74) is 2.07. The Kier molecular flexibility index (Phi) is 2.76. The van der Waals surface area contributed by atoms with E-state index in [0.717, 1.165) is 15.4 Å². The zero-order chi connectivity index (χ0) is 11.9. The standard InChI is InChI=1S/C12H12BrNO2/c1-6(2)7-3-8-5-10(12(15)16)14-11(8)9(13)4-7/h3-6,14H,1-2H3,(H,15,16)/p-1. The molecule has 0 radical (unpaired) electrons. The number of carbonyl (C=O) groups is 1. The van der Waals surface area contributed by atoms with Crippen LogP contribution in [0, 0.1) is 0 Å². The summed E-state index contributed by atoms with van der Waals surface area (Å²) < 4.78 is 0.876. The van der Waals surface area contributed by atoms with E-state index in [9.17, 15) is 9.90 Å². The van der Waals surface area contributed by atoms with Crippen LogP contribution in [0.1, 0.15) is 35.8 Å². The Bertz CT molecular complexity index is 557. The lowest BCUT2D eigenvalue weighted by atomic mass is 10.0. The molecule has 16 heavy (non-hydrogen) atoms. The third-order valence-electron chi connectivity index (χ3n) is 2.59. The highest BCUT2D eigenvalue weighted by Crippen LogP contribution is 2.29. The predicted molar refractivity (Wildman–Crippen MR) is 64.4 cm³/mol. The summed E-state index contributed by atoms with van der Waals surface area (Å²) in [7, 11) is 0. The fourth-order valence-electron chi connectivity index (χ4n) is 1.67. The fourth-order valence-corrected chi connectivity index (χ4v) is 2.26. The number of aromatic nitrogens is 1. The second-order valence-electron chi connectivity index (χ2n) is 4.09. The number of aromatic amines is 1. The molecule has 1 heterocycles. The molecule has 1 aromatic heterocycles. The molecule has 2 rings (SSSR count). The minimum Gasteiger partial charge on any atom is -0.543 e. The molecule has 0 amide bonds. The number of carbonyl (C=O) groups excluding carboxylic acids is 1. The molecule has 0 spiro atoms. The number of nitrogens with one attached hydrogen (secondary N) is 1. The predicted octanol–water partition coefficient (Wildman–Crippen LogP) is 2.42. The van der Waals surface area contributed by atoms with Gasteiger partial charge in [0.05, 0.1) is 17.2 Å². The number of rotatable bonds is 2. The quantitative estimate of drug-likeness (QED) is 0.919. The molecule has 4 heteroatoms. The lowest BCUT2D eigenvalue weighted by Gasteiger charge is -2.06. The molecule has 0 saturated heterocycles. The van der Waals surface area contributed by atoms with Crippen molar-refractivity contribution in [2.24, 2.45) is 0 Å². The molecule has 84 valence electrons. The monoisotopic (exact) mass is 280 g/mol. The van der Waals surface area contributed by atoms with Gasteiger partial charge in [-0.15, -0.1) is 0 Å². The second kappa shape index (κ2) is 3.94. The van der Waals surface area contributed by atoms with Crippen molar-refractivity contribution < 1.29 is 9.90 Å². The topological polar surface area (TPSA) is 55.9 Å². The van der Waals surface area contributed by atoms with Gasteiger partial charge in [0.25, 0.3) is 0 Å². The minimum absolute atomic E-state index is 0.108. The van der Waals surface area contributed by atoms with E-state index in [1.54, 1.807) is 6.07 Å². The van der Waals surface area contributed by atoms with E-state index in [1.807, 2.05) is 12.1 Å². The Labute approximate surface area is 102 Å². The molecule has 0 aliphatic rings. The molecule has 3 nitrogen and oxygen atoms in total. The first-order chi connectivity index (χ1) is 7.49. The van der Waals surface area contributed by atoms with Crippen LogP contribution in [0.5, 0.6) is 0 Å². The van der Waals surface area contributed by atoms with E-state index >= 15 is 0 Å². The van der Waals surface area contributed by atoms with E-state index in [-0.39, 0.29) is 5.69 Å². The van der Waals surface area contributed by atoms with Crippen LogP contribution in [-0.4, -0.2) is 11.0 Å². The SMILES string of the molecule is CC(C)c1cc(Br)c2[nH]c(C(=O)[O-])cc2c1. The summed E-state index contributed by atoms with van der Waals surface area (Å²) in [5, 5.41) is 11.6. The molecule has 0 fully saturated rings. The zero-order valence-electron chi connectivity index (χ0n) is 9.00. The van der Waals surface area contributed by atoms with E-state index in [1.165, 1.54) is 5.56 Å². The maximum atomic E-state index is 10.7. The van der Waals surface area contributed by atoms with Crippen molar-refractivity contribution in [2.75, 3.05) is 0 Å². The normalized spacial score (nSPS) is 11.2. The van der Waals surface area contributed by atoms with Gasteiger partial charge in [-0.3, -0.25) is 0 Å². The fraction of sp³-hybridized carbons (Fsp3) is 0.250. The number of hydrogen-bond donors (Lipinski definition) is 1. The Morgan fingerprint density at radius 2 is 2.06 bits per heavy atom. The number of carboxylic acids is 1. The number of hydrogen-bond acceptors (Lipinski definition) is 2. The van der Waals surface area contributed by atoms with E-state index < -0.39 is 5.97 Å². The number of aromatic carboxylic acids is 1. The van der Waals surface area contributed by atoms with Gasteiger partial charge in [-0.25, -0.2) is 0 Å². The largest absolute Gasteiger partial charge is 0.543 e. The van der Waals surface area contributed by atoms with Gasteiger partial charge in [0, 0.05) is 9.86 Å². The van der Waals surface area contributed by atoms with Gasteiger partial charge >= 0.3 is 0 Å². The molecular weight excluding hydrogens is 270 g/mol. The molecule has 0 aliphatic heterocycles. The molecule has 2 aromatic rings. The van der Waals surface area contributed by atoms with E-state index in [4.69, 9.17) is 0 Å². The Hall–Kier alpha value is -1.29. The number of carboxylic acid groups (broad SMARTS) is 1. The first-order valence-electron chi connectivity index (χ1n) is 5.02. The maximum absolute atomic E-state index is 10.7. The highest BCUT2D eigenvalue weighted by Gasteiger charge is 2.08. The summed E-state index contributed by atoms with van der Waals surface area (Å²) in [6, 6.07) is 5.59.